The van der Waals surface area contributed by atoms with E-state index < -0.39 is 6.10 Å². The van der Waals surface area contributed by atoms with E-state index in [-0.39, 0.29) is 12.5 Å². The van der Waals surface area contributed by atoms with Crippen molar-refractivity contribution >= 4 is 17.2 Å². The Morgan fingerprint density at radius 3 is 2.95 bits per heavy atom. The molecule has 2 heterocycles. The van der Waals surface area contributed by atoms with Crippen molar-refractivity contribution in [1.29, 1.82) is 0 Å². The van der Waals surface area contributed by atoms with Crippen LogP contribution in [0, 0.1) is 0 Å². The average molecular weight is 317 g/mol. The number of hydrogen-bond donors (Lipinski definition) is 1. The molecule has 1 aliphatic rings. The lowest BCUT2D eigenvalue weighted by Gasteiger charge is -2.30. The minimum Gasteiger partial charge on any atom is -0.480 e. The number of ether oxygens (including phenoxy) is 1. The van der Waals surface area contributed by atoms with E-state index in [2.05, 4.69) is 0 Å². The summed E-state index contributed by atoms with van der Waals surface area (Å²) in [5.41, 5.74) is 1.15. The number of benzene rings is 1. The largest absolute Gasteiger partial charge is 0.480 e. The first-order valence-corrected chi connectivity index (χ1v) is 8.32. The van der Waals surface area contributed by atoms with Crippen LogP contribution in [0.3, 0.4) is 0 Å². The third kappa shape index (κ3) is 3.31. The first-order valence-electron chi connectivity index (χ1n) is 7.44. The Labute approximate surface area is 134 Å². The van der Waals surface area contributed by atoms with Crippen molar-refractivity contribution in [1.82, 2.24) is 4.90 Å². The Morgan fingerprint density at radius 2 is 2.18 bits per heavy atom. The van der Waals surface area contributed by atoms with Crippen molar-refractivity contribution in [2.24, 2.45) is 0 Å². The van der Waals surface area contributed by atoms with Crippen LogP contribution in [0.4, 0.5) is 0 Å². The fraction of sp³-hybridized carbons (Fsp3) is 0.353. The maximum Gasteiger partial charge on any atom is 0.264 e. The molecular formula is C17H19NO3S. The molecule has 1 atom stereocenters. The topological polar surface area (TPSA) is 49.8 Å². The Hall–Kier alpha value is -1.85. The fourth-order valence-electron chi connectivity index (χ4n) is 2.68. The molecule has 1 aromatic heterocycles. The Bertz CT molecular complexity index is 627. The lowest BCUT2D eigenvalue weighted by Crippen LogP contribution is -2.44. The van der Waals surface area contributed by atoms with Crippen LogP contribution in [-0.4, -0.2) is 35.2 Å². The number of carbonyl (C=O) groups excluding carboxylic acids is 1. The van der Waals surface area contributed by atoms with E-state index in [4.69, 9.17) is 4.74 Å². The van der Waals surface area contributed by atoms with Crippen molar-refractivity contribution in [2.45, 2.75) is 25.5 Å². The number of aryl methyl sites for hydroxylation is 1. The number of amides is 1. The van der Waals surface area contributed by atoms with E-state index in [1.165, 1.54) is 0 Å². The summed E-state index contributed by atoms with van der Waals surface area (Å²) in [6.07, 6.45) is 1.07. The van der Waals surface area contributed by atoms with E-state index in [1.54, 1.807) is 16.2 Å². The van der Waals surface area contributed by atoms with Gasteiger partial charge in [0.1, 0.15) is 5.75 Å². The summed E-state index contributed by atoms with van der Waals surface area (Å²) in [6.45, 7) is 0.817. The van der Waals surface area contributed by atoms with Crippen molar-refractivity contribution in [3.05, 3.63) is 52.2 Å². The van der Waals surface area contributed by atoms with Gasteiger partial charge in [-0.2, -0.15) is 0 Å². The molecule has 1 N–H and O–H groups in total. The van der Waals surface area contributed by atoms with Gasteiger partial charge in [-0.05, 0) is 35.9 Å². The van der Waals surface area contributed by atoms with Gasteiger partial charge in [-0.15, -0.1) is 11.3 Å². The number of aliphatic hydroxyl groups is 1. The van der Waals surface area contributed by atoms with Crippen LogP contribution in [0.5, 0.6) is 5.75 Å². The molecule has 0 bridgehead atoms. The molecule has 0 unspecified atom stereocenters. The maximum atomic E-state index is 12.7. The molecule has 1 amide bonds. The number of rotatable bonds is 5. The highest BCUT2D eigenvalue weighted by molar-refractivity contribution is 7.09. The summed E-state index contributed by atoms with van der Waals surface area (Å²) < 4.78 is 5.87. The number of fused-ring (bicyclic) bond motifs is 1. The molecule has 116 valence electrons. The Morgan fingerprint density at radius 1 is 1.32 bits per heavy atom. The number of aliphatic hydroxyl groups excluding tert-OH is 1. The molecule has 2 aromatic rings. The van der Waals surface area contributed by atoms with Crippen molar-refractivity contribution < 1.29 is 14.6 Å². The van der Waals surface area contributed by atoms with Crippen LogP contribution in [0.15, 0.2) is 41.8 Å². The van der Waals surface area contributed by atoms with Gasteiger partial charge in [-0.1, -0.05) is 24.3 Å². The van der Waals surface area contributed by atoms with Crippen LogP contribution in [-0.2, 0) is 17.8 Å². The maximum absolute atomic E-state index is 12.7. The summed E-state index contributed by atoms with van der Waals surface area (Å²) in [4.78, 5) is 15.5. The van der Waals surface area contributed by atoms with E-state index in [9.17, 15) is 9.90 Å². The van der Waals surface area contributed by atoms with Crippen molar-refractivity contribution in [2.75, 3.05) is 13.2 Å². The monoisotopic (exact) mass is 317 g/mol. The first-order chi connectivity index (χ1) is 10.8. The molecule has 5 heteroatoms. The summed E-state index contributed by atoms with van der Waals surface area (Å²) in [5, 5.41) is 11.2. The van der Waals surface area contributed by atoms with Gasteiger partial charge < -0.3 is 14.7 Å². The summed E-state index contributed by atoms with van der Waals surface area (Å²) in [7, 11) is 0. The number of thiophene rings is 1. The van der Waals surface area contributed by atoms with Crippen LogP contribution >= 0.6 is 11.3 Å². The summed E-state index contributed by atoms with van der Waals surface area (Å²) >= 11 is 1.61. The minimum atomic E-state index is -0.457. The van der Waals surface area contributed by atoms with Crippen LogP contribution in [0.1, 0.15) is 16.9 Å². The zero-order valence-electron chi connectivity index (χ0n) is 12.3. The number of para-hydroxylation sites is 1. The summed E-state index contributed by atoms with van der Waals surface area (Å²) in [6, 6.07) is 11.8. The number of carbonyl (C=O) groups is 1. The van der Waals surface area contributed by atoms with Gasteiger partial charge in [0.2, 0.25) is 0 Å². The van der Waals surface area contributed by atoms with Crippen molar-refractivity contribution in [3.8, 4) is 5.75 Å². The van der Waals surface area contributed by atoms with E-state index in [0.717, 1.165) is 22.6 Å². The zero-order valence-corrected chi connectivity index (χ0v) is 13.1. The molecule has 3 rings (SSSR count). The molecule has 0 fully saturated rings. The highest BCUT2D eigenvalue weighted by Gasteiger charge is 2.29. The lowest BCUT2D eigenvalue weighted by atomic mass is 10.0. The van der Waals surface area contributed by atoms with Gasteiger partial charge in [-0.25, -0.2) is 0 Å². The molecule has 0 radical (unpaired) electrons. The lowest BCUT2D eigenvalue weighted by molar-refractivity contribution is -0.140. The highest BCUT2D eigenvalue weighted by Crippen LogP contribution is 2.28. The molecule has 0 aliphatic carbocycles. The molecule has 4 nitrogen and oxygen atoms in total. The molecule has 0 saturated heterocycles. The first kappa shape index (κ1) is 15.1. The van der Waals surface area contributed by atoms with Gasteiger partial charge in [0.15, 0.2) is 6.10 Å². The molecule has 1 aliphatic heterocycles. The highest BCUT2D eigenvalue weighted by atomic mass is 32.1. The zero-order chi connectivity index (χ0) is 15.4. The standard InChI is InChI=1S/C17H19NO3S/c19-10-9-18(12-14-5-3-11-22-14)17(20)16-8-7-13-4-1-2-6-15(13)21-16/h1-6,11,16,19H,7-10,12H2/t16-/m1/s1. The third-order valence-electron chi connectivity index (χ3n) is 3.80. The molecule has 0 spiro atoms. The smallest absolute Gasteiger partial charge is 0.264 e. The summed E-state index contributed by atoms with van der Waals surface area (Å²) in [5.74, 6) is 0.754. The van der Waals surface area contributed by atoms with Gasteiger partial charge in [0, 0.05) is 11.4 Å². The Kier molecular flexibility index (Phi) is 4.75. The SMILES string of the molecule is O=C([C@H]1CCc2ccccc2O1)N(CCO)Cc1cccs1. The molecule has 0 saturated carbocycles. The van der Waals surface area contributed by atoms with Gasteiger partial charge in [0.05, 0.1) is 13.2 Å². The predicted molar refractivity (Wildman–Crippen MR) is 86.0 cm³/mol. The van der Waals surface area contributed by atoms with Crippen LogP contribution in [0.2, 0.25) is 0 Å². The third-order valence-corrected chi connectivity index (χ3v) is 4.66. The van der Waals surface area contributed by atoms with Crippen LogP contribution in [0.25, 0.3) is 0 Å². The van der Waals surface area contributed by atoms with Crippen LogP contribution < -0.4 is 4.74 Å². The van der Waals surface area contributed by atoms with Gasteiger partial charge in [-0.3, -0.25) is 4.79 Å². The normalized spacial score (nSPS) is 16.7. The Balaban J connectivity index is 1.71. The fourth-order valence-corrected chi connectivity index (χ4v) is 3.40. The molecule has 1 aromatic carbocycles. The predicted octanol–water partition coefficient (Wildman–Crippen LogP) is 2.46. The quantitative estimate of drug-likeness (QED) is 0.921. The van der Waals surface area contributed by atoms with Gasteiger partial charge >= 0.3 is 0 Å². The molecule has 22 heavy (non-hydrogen) atoms. The number of nitrogens with zero attached hydrogens (tertiary/aromatic N) is 1. The van der Waals surface area contributed by atoms with Crippen molar-refractivity contribution in [3.63, 3.8) is 0 Å². The second-order valence-corrected chi connectivity index (χ2v) is 6.35. The van der Waals surface area contributed by atoms with Gasteiger partial charge in [0.25, 0.3) is 5.91 Å². The van der Waals surface area contributed by atoms with E-state index in [1.807, 2.05) is 41.8 Å². The minimum absolute atomic E-state index is 0.0412. The second kappa shape index (κ2) is 6.94. The molecular weight excluding hydrogens is 298 g/mol. The van der Waals surface area contributed by atoms with E-state index in [0.29, 0.717) is 19.5 Å². The van der Waals surface area contributed by atoms with E-state index >= 15 is 0 Å². The second-order valence-electron chi connectivity index (χ2n) is 5.32. The number of hydrogen-bond acceptors (Lipinski definition) is 4. The average Bonchev–Trinajstić information content (AvgIpc) is 3.06.